The van der Waals surface area contributed by atoms with Crippen LogP contribution in [-0.2, 0) is 22.4 Å². The molecule has 1 aliphatic carbocycles. The number of carbonyl (C=O) groups is 2. The summed E-state index contributed by atoms with van der Waals surface area (Å²) >= 11 is 12.9. The van der Waals surface area contributed by atoms with Crippen molar-refractivity contribution in [3.8, 4) is 0 Å². The monoisotopic (exact) mass is 501 g/mol. The van der Waals surface area contributed by atoms with E-state index in [2.05, 4.69) is 10.6 Å². The lowest BCUT2D eigenvalue weighted by Crippen LogP contribution is -2.41. The number of morpholine rings is 1. The summed E-state index contributed by atoms with van der Waals surface area (Å²) < 4.78 is 11.4. The molecule has 7 nitrogen and oxygen atoms in total. The van der Waals surface area contributed by atoms with Crippen molar-refractivity contribution in [1.29, 1.82) is 0 Å². The molecule has 178 valence electrons. The molecule has 9 heteroatoms. The van der Waals surface area contributed by atoms with Crippen molar-refractivity contribution in [1.82, 2.24) is 4.90 Å². The van der Waals surface area contributed by atoms with Crippen molar-refractivity contribution in [3.05, 3.63) is 57.3 Å². The number of aryl methyl sites for hydroxylation is 2. The first-order valence-electron chi connectivity index (χ1n) is 11.4. The van der Waals surface area contributed by atoms with Crippen molar-refractivity contribution in [2.45, 2.75) is 25.7 Å². The second kappa shape index (κ2) is 9.96. The summed E-state index contributed by atoms with van der Waals surface area (Å²) in [5.74, 6) is 0.300. The molecule has 0 saturated carbocycles. The number of hydrogen-bond acceptors (Lipinski definition) is 5. The maximum atomic E-state index is 13.2. The highest BCUT2D eigenvalue weighted by atomic mass is 35.5. The van der Waals surface area contributed by atoms with Crippen LogP contribution in [0.25, 0.3) is 11.0 Å². The van der Waals surface area contributed by atoms with Crippen molar-refractivity contribution in [2.24, 2.45) is 0 Å². The van der Waals surface area contributed by atoms with E-state index in [0.29, 0.717) is 43.3 Å². The van der Waals surface area contributed by atoms with Crippen LogP contribution in [0.15, 0.2) is 34.7 Å². The van der Waals surface area contributed by atoms with Gasteiger partial charge in [-0.1, -0.05) is 35.3 Å². The summed E-state index contributed by atoms with van der Waals surface area (Å²) in [7, 11) is 0. The topological polar surface area (TPSA) is 83.8 Å². The summed E-state index contributed by atoms with van der Waals surface area (Å²) in [6.07, 6.45) is 4.11. The van der Waals surface area contributed by atoms with Gasteiger partial charge in [0.2, 0.25) is 5.91 Å². The van der Waals surface area contributed by atoms with Crippen LogP contribution in [0.5, 0.6) is 0 Å². The minimum atomic E-state index is -0.471. The van der Waals surface area contributed by atoms with E-state index < -0.39 is 5.91 Å². The molecule has 0 atom stereocenters. The maximum absolute atomic E-state index is 13.2. The second-order valence-electron chi connectivity index (χ2n) is 8.57. The van der Waals surface area contributed by atoms with Gasteiger partial charge in [0.15, 0.2) is 5.58 Å². The van der Waals surface area contributed by atoms with Crippen LogP contribution >= 0.6 is 23.2 Å². The number of furan rings is 1. The first kappa shape index (κ1) is 23.2. The number of carbonyl (C=O) groups excluding carboxylic acids is 2. The van der Waals surface area contributed by atoms with Crippen LogP contribution in [0.2, 0.25) is 10.0 Å². The Morgan fingerprint density at radius 3 is 2.59 bits per heavy atom. The van der Waals surface area contributed by atoms with E-state index in [-0.39, 0.29) is 28.1 Å². The first-order chi connectivity index (χ1) is 16.5. The Bertz CT molecular complexity index is 1250. The molecule has 0 unspecified atom stereocenters. The number of benzene rings is 2. The van der Waals surface area contributed by atoms with E-state index in [9.17, 15) is 9.59 Å². The minimum absolute atomic E-state index is 0.0891. The Balaban J connectivity index is 1.37. The number of fused-ring (bicyclic) bond motifs is 3. The van der Waals surface area contributed by atoms with Gasteiger partial charge < -0.3 is 19.8 Å². The number of nitrogens with one attached hydrogen (secondary N) is 2. The SMILES string of the molecule is O=C(CN1CCOCC1)Nc1ccc(Cl)c(C(=O)Nc2cccc3c4c(oc23)CCCC4)c1Cl. The normalized spacial score (nSPS) is 16.3. The first-order valence-corrected chi connectivity index (χ1v) is 12.2. The van der Waals surface area contributed by atoms with Gasteiger partial charge in [0.05, 0.1) is 46.7 Å². The zero-order valence-corrected chi connectivity index (χ0v) is 20.1. The van der Waals surface area contributed by atoms with Crippen molar-refractivity contribution in [3.63, 3.8) is 0 Å². The highest BCUT2D eigenvalue weighted by molar-refractivity contribution is 6.42. The van der Waals surface area contributed by atoms with Crippen LogP contribution in [0.4, 0.5) is 11.4 Å². The summed E-state index contributed by atoms with van der Waals surface area (Å²) in [5, 5.41) is 7.00. The van der Waals surface area contributed by atoms with E-state index in [1.54, 1.807) is 18.2 Å². The Labute approximate surface area is 207 Å². The number of amides is 2. The molecule has 5 rings (SSSR count). The zero-order chi connectivity index (χ0) is 23.7. The van der Waals surface area contributed by atoms with Crippen molar-refractivity contribution >= 4 is 57.4 Å². The van der Waals surface area contributed by atoms with Crippen molar-refractivity contribution < 1.29 is 18.7 Å². The van der Waals surface area contributed by atoms with Gasteiger partial charge in [-0.25, -0.2) is 0 Å². The van der Waals surface area contributed by atoms with E-state index in [4.69, 9.17) is 32.4 Å². The van der Waals surface area contributed by atoms with Crippen LogP contribution in [0.3, 0.4) is 0 Å². The molecule has 1 fully saturated rings. The summed E-state index contributed by atoms with van der Waals surface area (Å²) in [5.41, 5.74) is 2.87. The lowest BCUT2D eigenvalue weighted by molar-refractivity contribution is -0.118. The number of nitrogens with zero attached hydrogens (tertiary/aromatic N) is 1. The van der Waals surface area contributed by atoms with Crippen molar-refractivity contribution in [2.75, 3.05) is 43.5 Å². The molecule has 2 aromatic carbocycles. The van der Waals surface area contributed by atoms with Gasteiger partial charge in [0, 0.05) is 30.5 Å². The van der Waals surface area contributed by atoms with Gasteiger partial charge >= 0.3 is 0 Å². The predicted molar refractivity (Wildman–Crippen MR) is 133 cm³/mol. The second-order valence-corrected chi connectivity index (χ2v) is 9.35. The summed E-state index contributed by atoms with van der Waals surface area (Å²) in [6.45, 7) is 2.80. The fraction of sp³-hybridized carbons (Fsp3) is 0.360. The zero-order valence-electron chi connectivity index (χ0n) is 18.6. The van der Waals surface area contributed by atoms with Crippen LogP contribution in [-0.4, -0.2) is 49.6 Å². The molecular formula is C25H25Cl2N3O4. The van der Waals surface area contributed by atoms with E-state index >= 15 is 0 Å². The largest absolute Gasteiger partial charge is 0.459 e. The van der Waals surface area contributed by atoms with Crippen LogP contribution < -0.4 is 10.6 Å². The Hall–Kier alpha value is -2.58. The third-order valence-electron chi connectivity index (χ3n) is 6.29. The van der Waals surface area contributed by atoms with E-state index in [0.717, 1.165) is 36.8 Å². The van der Waals surface area contributed by atoms with Gasteiger partial charge in [-0.2, -0.15) is 0 Å². The molecule has 1 aromatic heterocycles. The highest BCUT2D eigenvalue weighted by Crippen LogP contribution is 2.37. The highest BCUT2D eigenvalue weighted by Gasteiger charge is 2.23. The number of ether oxygens (including phenoxy) is 1. The van der Waals surface area contributed by atoms with E-state index in [1.165, 1.54) is 5.56 Å². The fourth-order valence-corrected chi connectivity index (χ4v) is 5.17. The Morgan fingerprint density at radius 1 is 0.971 bits per heavy atom. The van der Waals surface area contributed by atoms with Gasteiger partial charge in [-0.3, -0.25) is 14.5 Å². The number of halogens is 2. The Morgan fingerprint density at radius 2 is 1.76 bits per heavy atom. The Kier molecular flexibility index (Phi) is 6.79. The molecule has 1 aliphatic heterocycles. The molecule has 0 radical (unpaired) electrons. The third-order valence-corrected chi connectivity index (χ3v) is 7.00. The predicted octanol–water partition coefficient (Wildman–Crippen LogP) is 5.14. The maximum Gasteiger partial charge on any atom is 0.258 e. The quantitative estimate of drug-likeness (QED) is 0.505. The number of anilines is 2. The smallest absolute Gasteiger partial charge is 0.258 e. The number of para-hydroxylation sites is 1. The van der Waals surface area contributed by atoms with Crippen LogP contribution in [0, 0.1) is 0 Å². The molecule has 2 aliphatic rings. The molecule has 3 aromatic rings. The third kappa shape index (κ3) is 4.66. The molecule has 2 heterocycles. The van der Waals surface area contributed by atoms with Crippen LogP contribution in [0.1, 0.15) is 34.5 Å². The summed E-state index contributed by atoms with van der Waals surface area (Å²) in [6, 6.07) is 8.86. The standard InChI is InChI=1S/C25H25Cl2N3O4/c26-17-8-9-18(28-21(31)14-30-10-12-33-13-11-30)23(27)22(17)25(32)29-19-6-3-5-16-15-4-1-2-7-20(15)34-24(16)19/h3,5-6,8-9H,1-2,4,7,10-14H2,(H,28,31)(H,29,32). The molecule has 1 saturated heterocycles. The number of hydrogen-bond donors (Lipinski definition) is 2. The minimum Gasteiger partial charge on any atom is -0.459 e. The number of rotatable bonds is 5. The van der Waals surface area contributed by atoms with E-state index in [1.807, 2.05) is 17.0 Å². The average molecular weight is 502 g/mol. The van der Waals surface area contributed by atoms with Gasteiger partial charge in [-0.05, 0) is 37.5 Å². The molecule has 34 heavy (non-hydrogen) atoms. The van der Waals surface area contributed by atoms with Gasteiger partial charge in [0.1, 0.15) is 5.76 Å². The lowest BCUT2D eigenvalue weighted by Gasteiger charge is -2.25. The molecule has 0 spiro atoms. The molecule has 2 N–H and O–H groups in total. The molecular weight excluding hydrogens is 477 g/mol. The fourth-order valence-electron chi connectivity index (χ4n) is 4.58. The van der Waals surface area contributed by atoms with Gasteiger partial charge in [-0.15, -0.1) is 0 Å². The average Bonchev–Trinajstić information content (AvgIpc) is 3.22. The van der Waals surface area contributed by atoms with Gasteiger partial charge in [0.25, 0.3) is 5.91 Å². The molecule has 0 bridgehead atoms. The lowest BCUT2D eigenvalue weighted by atomic mass is 9.96. The summed E-state index contributed by atoms with van der Waals surface area (Å²) in [4.78, 5) is 27.8. The molecule has 2 amide bonds.